The summed E-state index contributed by atoms with van der Waals surface area (Å²) in [5.41, 5.74) is 0.559. The Labute approximate surface area is 146 Å². The first kappa shape index (κ1) is 19.1. The molecule has 0 aliphatic carbocycles. The number of hydrogen-bond donors (Lipinski definition) is 2. The van der Waals surface area contributed by atoms with Crippen molar-refractivity contribution in [3.05, 3.63) is 65.5 Å². The highest BCUT2D eigenvalue weighted by molar-refractivity contribution is 7.27. The molecule has 1 saturated heterocycles. The van der Waals surface area contributed by atoms with Crippen LogP contribution in [0.1, 0.15) is 37.8 Å². The van der Waals surface area contributed by atoms with E-state index in [-0.39, 0.29) is 11.7 Å². The summed E-state index contributed by atoms with van der Waals surface area (Å²) >= 11 is 0. The molecule has 130 valence electrons. The predicted octanol–water partition coefficient (Wildman–Crippen LogP) is 3.59. The standard InChI is InChI=1S/C18H21FNOP.C2H6/c19-16-5-1-13(2-6-16)18(21,15-9-11-20-12-10-15)14-3-7-17(22)8-4-14;1-2/h1-8,15,20-21H,9-12,22H2;1-2H3. The Balaban J connectivity index is 0.00000100. The van der Waals surface area contributed by atoms with Crippen LogP contribution in [0.2, 0.25) is 0 Å². The minimum Gasteiger partial charge on any atom is -0.380 e. The van der Waals surface area contributed by atoms with Gasteiger partial charge in [-0.1, -0.05) is 50.2 Å². The lowest BCUT2D eigenvalue weighted by atomic mass is 9.72. The van der Waals surface area contributed by atoms with Gasteiger partial charge in [-0.2, -0.15) is 0 Å². The van der Waals surface area contributed by atoms with E-state index in [9.17, 15) is 9.50 Å². The fourth-order valence-corrected chi connectivity index (χ4v) is 3.51. The Morgan fingerprint density at radius 1 is 0.958 bits per heavy atom. The fraction of sp³-hybridized carbons (Fsp3) is 0.400. The van der Waals surface area contributed by atoms with Crippen molar-refractivity contribution in [2.24, 2.45) is 5.92 Å². The molecule has 1 fully saturated rings. The molecule has 2 aromatic carbocycles. The van der Waals surface area contributed by atoms with Gasteiger partial charge in [-0.25, -0.2) is 4.39 Å². The topological polar surface area (TPSA) is 32.3 Å². The second kappa shape index (κ2) is 8.71. The van der Waals surface area contributed by atoms with Crippen LogP contribution in [0.5, 0.6) is 0 Å². The summed E-state index contributed by atoms with van der Waals surface area (Å²) in [6, 6.07) is 14.1. The van der Waals surface area contributed by atoms with Gasteiger partial charge in [-0.05, 0) is 60.4 Å². The van der Waals surface area contributed by atoms with Gasteiger partial charge < -0.3 is 10.4 Å². The van der Waals surface area contributed by atoms with Crippen LogP contribution in [0.3, 0.4) is 0 Å². The van der Waals surface area contributed by atoms with Crippen molar-refractivity contribution >= 4 is 14.5 Å². The van der Waals surface area contributed by atoms with Crippen molar-refractivity contribution in [2.75, 3.05) is 13.1 Å². The molecular weight excluding hydrogens is 320 g/mol. The van der Waals surface area contributed by atoms with Crippen LogP contribution in [0.25, 0.3) is 0 Å². The van der Waals surface area contributed by atoms with Crippen LogP contribution in [0.15, 0.2) is 48.5 Å². The maximum Gasteiger partial charge on any atom is 0.123 e. The third-order valence-corrected chi connectivity index (χ3v) is 4.95. The summed E-state index contributed by atoms with van der Waals surface area (Å²) in [5, 5.41) is 16.0. The number of hydrogen-bond acceptors (Lipinski definition) is 2. The number of rotatable bonds is 3. The monoisotopic (exact) mass is 347 g/mol. The summed E-state index contributed by atoms with van der Waals surface area (Å²) in [6.45, 7) is 5.80. The lowest BCUT2D eigenvalue weighted by Gasteiger charge is -2.39. The van der Waals surface area contributed by atoms with Gasteiger partial charge in [0.05, 0.1) is 0 Å². The van der Waals surface area contributed by atoms with Gasteiger partial charge in [0, 0.05) is 0 Å². The molecule has 0 spiro atoms. The average molecular weight is 347 g/mol. The molecule has 24 heavy (non-hydrogen) atoms. The largest absolute Gasteiger partial charge is 0.380 e. The third-order valence-electron chi connectivity index (χ3n) is 4.57. The molecule has 0 aromatic heterocycles. The molecule has 0 radical (unpaired) electrons. The third kappa shape index (κ3) is 4.03. The molecule has 2 atom stereocenters. The van der Waals surface area contributed by atoms with Gasteiger partial charge in [0.15, 0.2) is 0 Å². The fourth-order valence-electron chi connectivity index (χ4n) is 3.32. The number of halogens is 1. The van der Waals surface area contributed by atoms with Gasteiger partial charge in [0.2, 0.25) is 0 Å². The first-order valence-electron chi connectivity index (χ1n) is 8.66. The van der Waals surface area contributed by atoms with E-state index in [4.69, 9.17) is 0 Å². The Hall–Kier alpha value is -1.28. The summed E-state index contributed by atoms with van der Waals surface area (Å²) in [6.07, 6.45) is 1.80. The number of benzene rings is 2. The molecule has 2 aromatic rings. The zero-order valence-electron chi connectivity index (χ0n) is 14.4. The van der Waals surface area contributed by atoms with E-state index in [2.05, 4.69) is 14.6 Å². The summed E-state index contributed by atoms with van der Waals surface area (Å²) < 4.78 is 13.3. The van der Waals surface area contributed by atoms with Crippen LogP contribution < -0.4 is 10.6 Å². The Kier molecular flexibility index (Phi) is 6.91. The molecule has 0 bridgehead atoms. The summed E-state index contributed by atoms with van der Waals surface area (Å²) in [7, 11) is 2.66. The van der Waals surface area contributed by atoms with E-state index in [1.54, 1.807) is 12.1 Å². The molecule has 2 nitrogen and oxygen atoms in total. The van der Waals surface area contributed by atoms with Gasteiger partial charge >= 0.3 is 0 Å². The van der Waals surface area contributed by atoms with E-state index in [1.807, 2.05) is 38.1 Å². The van der Waals surface area contributed by atoms with E-state index >= 15 is 0 Å². The first-order chi connectivity index (χ1) is 11.6. The quantitative estimate of drug-likeness (QED) is 0.832. The predicted molar refractivity (Wildman–Crippen MR) is 102 cm³/mol. The number of piperidine rings is 1. The molecule has 1 aliphatic heterocycles. The van der Waals surface area contributed by atoms with Crippen LogP contribution in [0, 0.1) is 11.7 Å². The first-order valence-corrected chi connectivity index (χ1v) is 9.23. The van der Waals surface area contributed by atoms with E-state index in [1.165, 1.54) is 12.1 Å². The summed E-state index contributed by atoms with van der Waals surface area (Å²) in [4.78, 5) is 0. The molecule has 0 amide bonds. The molecular formula is C20H27FNOP. The average Bonchev–Trinajstić information content (AvgIpc) is 2.65. The summed E-state index contributed by atoms with van der Waals surface area (Å²) in [5.74, 6) is -0.161. The second-order valence-electron chi connectivity index (χ2n) is 5.92. The molecule has 1 heterocycles. The number of aliphatic hydroxyl groups is 1. The smallest absolute Gasteiger partial charge is 0.123 e. The normalized spacial score (nSPS) is 17.5. The minimum absolute atomic E-state index is 0.120. The van der Waals surface area contributed by atoms with Crippen molar-refractivity contribution in [1.29, 1.82) is 0 Å². The molecule has 3 rings (SSSR count). The Morgan fingerprint density at radius 3 is 1.92 bits per heavy atom. The van der Waals surface area contributed by atoms with Crippen molar-refractivity contribution in [3.63, 3.8) is 0 Å². The van der Waals surface area contributed by atoms with E-state index in [0.717, 1.165) is 42.4 Å². The Bertz CT molecular complexity index is 576. The lowest BCUT2D eigenvalue weighted by Crippen LogP contribution is -2.42. The van der Waals surface area contributed by atoms with Gasteiger partial charge in [-0.3, -0.25) is 0 Å². The van der Waals surface area contributed by atoms with Crippen LogP contribution in [-0.2, 0) is 5.60 Å². The zero-order chi connectivity index (χ0) is 17.6. The maximum atomic E-state index is 13.3. The minimum atomic E-state index is -1.08. The van der Waals surface area contributed by atoms with Gasteiger partial charge in [-0.15, -0.1) is 9.24 Å². The van der Waals surface area contributed by atoms with E-state index in [0.29, 0.717) is 0 Å². The molecule has 2 unspecified atom stereocenters. The van der Waals surface area contributed by atoms with Crippen molar-refractivity contribution < 1.29 is 9.50 Å². The zero-order valence-corrected chi connectivity index (χ0v) is 15.6. The highest BCUT2D eigenvalue weighted by Crippen LogP contribution is 2.40. The van der Waals surface area contributed by atoms with Crippen molar-refractivity contribution in [3.8, 4) is 0 Å². The highest BCUT2D eigenvalue weighted by atomic mass is 31.0. The van der Waals surface area contributed by atoms with Gasteiger partial charge in [0.1, 0.15) is 11.4 Å². The van der Waals surface area contributed by atoms with E-state index < -0.39 is 5.60 Å². The molecule has 4 heteroatoms. The molecule has 2 N–H and O–H groups in total. The van der Waals surface area contributed by atoms with Crippen LogP contribution >= 0.6 is 9.24 Å². The van der Waals surface area contributed by atoms with Crippen LogP contribution in [0.4, 0.5) is 4.39 Å². The number of nitrogens with one attached hydrogen (secondary N) is 1. The SMILES string of the molecule is CC.OC(c1ccc(F)cc1)(c1ccc(P)cc1)C1CCNCC1. The Morgan fingerprint density at radius 2 is 1.42 bits per heavy atom. The molecule has 1 aliphatic rings. The highest BCUT2D eigenvalue weighted by Gasteiger charge is 2.40. The van der Waals surface area contributed by atoms with Crippen LogP contribution in [-0.4, -0.2) is 18.2 Å². The second-order valence-corrected chi connectivity index (χ2v) is 6.59. The molecule has 0 saturated carbocycles. The lowest BCUT2D eigenvalue weighted by molar-refractivity contribution is 0.00233. The van der Waals surface area contributed by atoms with Gasteiger partial charge in [0.25, 0.3) is 0 Å². The van der Waals surface area contributed by atoms with Crippen molar-refractivity contribution in [2.45, 2.75) is 32.3 Å². The van der Waals surface area contributed by atoms with Crippen molar-refractivity contribution in [1.82, 2.24) is 5.32 Å². The maximum absolute atomic E-state index is 13.3.